The molecule has 1 aromatic carbocycles. The van der Waals surface area contributed by atoms with Crippen LogP contribution in [0.1, 0.15) is 30.7 Å². The summed E-state index contributed by atoms with van der Waals surface area (Å²) in [6.45, 7) is 2.90. The summed E-state index contributed by atoms with van der Waals surface area (Å²) in [5.74, 6) is -0.0992. The van der Waals surface area contributed by atoms with E-state index in [9.17, 15) is 12.8 Å². The van der Waals surface area contributed by atoms with E-state index in [1.807, 2.05) is 6.07 Å². The first-order valence-electron chi connectivity index (χ1n) is 6.99. The largest absolute Gasteiger partial charge is 0.309 e. The van der Waals surface area contributed by atoms with Crippen LogP contribution in [0.2, 0.25) is 0 Å². The van der Waals surface area contributed by atoms with Crippen molar-refractivity contribution in [3.8, 4) is 0 Å². The summed E-state index contributed by atoms with van der Waals surface area (Å²) in [6.07, 6.45) is 2.77. The molecule has 1 heterocycles. The number of fused-ring (bicyclic) bond motifs is 1. The first kappa shape index (κ1) is 16.4. The van der Waals surface area contributed by atoms with Crippen molar-refractivity contribution in [1.82, 2.24) is 5.32 Å². The molecule has 1 atom stereocenters. The summed E-state index contributed by atoms with van der Waals surface area (Å²) in [5, 5.41) is 4.26. The van der Waals surface area contributed by atoms with Crippen molar-refractivity contribution in [3.05, 3.63) is 35.0 Å². The molecule has 0 aliphatic heterocycles. The van der Waals surface area contributed by atoms with Gasteiger partial charge in [0.2, 0.25) is 0 Å². The molecule has 0 spiro atoms. The molecule has 0 fully saturated rings. The molecule has 0 aliphatic carbocycles. The first-order valence-corrected chi connectivity index (χ1v) is 9.87. The molecule has 21 heavy (non-hydrogen) atoms. The van der Waals surface area contributed by atoms with Crippen molar-refractivity contribution >= 4 is 31.3 Å². The van der Waals surface area contributed by atoms with Crippen LogP contribution in [-0.2, 0) is 9.84 Å². The monoisotopic (exact) mass is 329 g/mol. The fourth-order valence-corrected chi connectivity index (χ4v) is 4.02. The van der Waals surface area contributed by atoms with E-state index in [-0.39, 0.29) is 17.6 Å². The maximum absolute atomic E-state index is 13.3. The topological polar surface area (TPSA) is 46.2 Å². The Morgan fingerprint density at radius 1 is 1.33 bits per heavy atom. The lowest BCUT2D eigenvalue weighted by atomic mass is 10.1. The average Bonchev–Trinajstić information content (AvgIpc) is 2.80. The molecule has 1 N–H and O–H groups in total. The molecule has 2 rings (SSSR count). The van der Waals surface area contributed by atoms with E-state index < -0.39 is 9.84 Å². The molecule has 0 bridgehead atoms. The van der Waals surface area contributed by atoms with E-state index in [2.05, 4.69) is 12.2 Å². The van der Waals surface area contributed by atoms with Gasteiger partial charge in [-0.1, -0.05) is 6.92 Å². The minimum atomic E-state index is -2.98. The van der Waals surface area contributed by atoms with E-state index >= 15 is 0 Å². The van der Waals surface area contributed by atoms with Gasteiger partial charge in [0.1, 0.15) is 15.7 Å². The lowest BCUT2D eigenvalue weighted by Crippen LogP contribution is -2.23. The summed E-state index contributed by atoms with van der Waals surface area (Å²) in [7, 11) is -2.98. The smallest absolute Gasteiger partial charge is 0.147 e. The molecule has 6 heteroatoms. The Morgan fingerprint density at radius 3 is 2.76 bits per heavy atom. The van der Waals surface area contributed by atoms with Crippen LogP contribution in [0.5, 0.6) is 0 Å². The van der Waals surface area contributed by atoms with Gasteiger partial charge in [0.05, 0.1) is 5.75 Å². The summed E-state index contributed by atoms with van der Waals surface area (Å²) < 4.78 is 37.1. The molecule has 2 aromatic rings. The van der Waals surface area contributed by atoms with Crippen molar-refractivity contribution in [1.29, 1.82) is 0 Å². The van der Waals surface area contributed by atoms with Crippen LogP contribution in [0, 0.1) is 5.82 Å². The molecule has 0 radical (unpaired) electrons. The summed E-state index contributed by atoms with van der Waals surface area (Å²) in [6, 6.07) is 6.70. The minimum absolute atomic E-state index is 0.000126. The Kier molecular flexibility index (Phi) is 5.35. The summed E-state index contributed by atoms with van der Waals surface area (Å²) in [5.41, 5.74) is 0. The van der Waals surface area contributed by atoms with Crippen LogP contribution in [0.4, 0.5) is 4.39 Å². The molecular weight excluding hydrogens is 309 g/mol. The zero-order valence-corrected chi connectivity index (χ0v) is 13.9. The Hall–Kier alpha value is -0.980. The molecular formula is C15H20FNO2S2. The van der Waals surface area contributed by atoms with Gasteiger partial charge >= 0.3 is 0 Å². The van der Waals surface area contributed by atoms with Crippen molar-refractivity contribution in [2.45, 2.75) is 25.8 Å². The van der Waals surface area contributed by atoms with Crippen LogP contribution in [0.15, 0.2) is 24.3 Å². The Labute approximate surface area is 129 Å². The van der Waals surface area contributed by atoms with Crippen LogP contribution < -0.4 is 5.32 Å². The Morgan fingerprint density at radius 2 is 2.10 bits per heavy atom. The molecule has 116 valence electrons. The van der Waals surface area contributed by atoms with Gasteiger partial charge in [0, 0.05) is 21.9 Å². The third kappa shape index (κ3) is 4.76. The Bertz CT molecular complexity index is 710. The molecule has 0 amide bonds. The number of halogens is 1. The summed E-state index contributed by atoms with van der Waals surface area (Å²) in [4.78, 5) is 1.06. The fourth-order valence-electron chi connectivity index (χ4n) is 2.20. The van der Waals surface area contributed by atoms with Crippen molar-refractivity contribution in [2.24, 2.45) is 0 Å². The third-order valence-corrected chi connectivity index (χ3v) is 5.47. The average molecular weight is 329 g/mol. The number of sulfone groups is 1. The first-order chi connectivity index (χ1) is 9.89. The number of hydrogen-bond donors (Lipinski definition) is 1. The quantitative estimate of drug-likeness (QED) is 0.845. The minimum Gasteiger partial charge on any atom is -0.309 e. The number of rotatable bonds is 7. The second kappa shape index (κ2) is 6.85. The van der Waals surface area contributed by atoms with Gasteiger partial charge in [0.25, 0.3) is 0 Å². The molecule has 1 unspecified atom stereocenters. The zero-order valence-electron chi connectivity index (χ0n) is 12.2. The second-order valence-corrected chi connectivity index (χ2v) is 8.63. The summed E-state index contributed by atoms with van der Waals surface area (Å²) >= 11 is 1.59. The number of thiophene rings is 1. The van der Waals surface area contributed by atoms with Crippen molar-refractivity contribution in [3.63, 3.8) is 0 Å². The SMILES string of the molecule is CCCNC(CCS(C)(=O)=O)c1cc2cc(F)ccc2s1. The van der Waals surface area contributed by atoms with Crippen LogP contribution >= 0.6 is 11.3 Å². The number of nitrogens with one attached hydrogen (secondary N) is 1. The van der Waals surface area contributed by atoms with E-state index in [1.54, 1.807) is 17.4 Å². The highest BCUT2D eigenvalue weighted by Crippen LogP contribution is 2.32. The van der Waals surface area contributed by atoms with Gasteiger partial charge in [-0.15, -0.1) is 11.3 Å². The van der Waals surface area contributed by atoms with E-state index in [1.165, 1.54) is 18.4 Å². The molecule has 0 saturated heterocycles. The highest BCUT2D eigenvalue weighted by molar-refractivity contribution is 7.90. The standard InChI is InChI=1S/C15H20FNO2S2/c1-3-7-17-13(6-8-21(2,18)19)15-10-11-9-12(16)4-5-14(11)20-15/h4-5,9-10,13,17H,3,6-8H2,1-2H3. The normalized spacial score (nSPS) is 13.7. The highest BCUT2D eigenvalue weighted by atomic mass is 32.2. The lowest BCUT2D eigenvalue weighted by Gasteiger charge is -2.16. The van der Waals surface area contributed by atoms with Gasteiger partial charge < -0.3 is 5.32 Å². The van der Waals surface area contributed by atoms with Crippen LogP contribution in [0.25, 0.3) is 10.1 Å². The predicted molar refractivity (Wildman–Crippen MR) is 87.1 cm³/mol. The van der Waals surface area contributed by atoms with Crippen LogP contribution in [0.3, 0.4) is 0 Å². The zero-order chi connectivity index (χ0) is 15.5. The number of hydrogen-bond acceptors (Lipinski definition) is 4. The molecule has 0 saturated carbocycles. The maximum Gasteiger partial charge on any atom is 0.147 e. The van der Waals surface area contributed by atoms with Crippen molar-refractivity contribution in [2.75, 3.05) is 18.6 Å². The fraction of sp³-hybridized carbons (Fsp3) is 0.467. The highest BCUT2D eigenvalue weighted by Gasteiger charge is 2.16. The van der Waals surface area contributed by atoms with Gasteiger partial charge in [-0.3, -0.25) is 0 Å². The van der Waals surface area contributed by atoms with Crippen molar-refractivity contribution < 1.29 is 12.8 Å². The predicted octanol–water partition coefficient (Wildman–Crippen LogP) is 3.52. The van der Waals surface area contributed by atoms with Gasteiger partial charge in [0.15, 0.2) is 0 Å². The molecule has 0 aliphatic rings. The van der Waals surface area contributed by atoms with Gasteiger partial charge in [-0.2, -0.15) is 0 Å². The van der Waals surface area contributed by atoms with E-state index in [0.717, 1.165) is 27.9 Å². The van der Waals surface area contributed by atoms with E-state index in [0.29, 0.717) is 6.42 Å². The van der Waals surface area contributed by atoms with Gasteiger partial charge in [-0.25, -0.2) is 12.8 Å². The number of benzene rings is 1. The lowest BCUT2D eigenvalue weighted by molar-refractivity contribution is 0.520. The van der Waals surface area contributed by atoms with E-state index in [4.69, 9.17) is 0 Å². The third-order valence-electron chi connectivity index (χ3n) is 3.26. The molecule has 1 aromatic heterocycles. The van der Waals surface area contributed by atoms with Crippen LogP contribution in [-0.4, -0.2) is 27.0 Å². The second-order valence-electron chi connectivity index (χ2n) is 5.26. The maximum atomic E-state index is 13.3. The molecule has 3 nitrogen and oxygen atoms in total. The Balaban J connectivity index is 2.24. The van der Waals surface area contributed by atoms with Gasteiger partial charge in [-0.05, 0) is 49.0 Å².